The summed E-state index contributed by atoms with van der Waals surface area (Å²) in [6.07, 6.45) is 7.71. The number of nitrogens with two attached hydrogens (primary N) is 1. The number of nitrogens with zero attached hydrogens (tertiary/aromatic N) is 2. The van der Waals surface area contributed by atoms with E-state index in [4.69, 9.17) is 15.7 Å². The van der Waals surface area contributed by atoms with E-state index in [1.165, 1.54) is 12.8 Å². The topological polar surface area (TPSA) is 80.7 Å². The van der Waals surface area contributed by atoms with Crippen LogP contribution in [0.1, 0.15) is 38.2 Å². The van der Waals surface area contributed by atoms with Crippen molar-refractivity contribution in [2.75, 3.05) is 6.61 Å². The van der Waals surface area contributed by atoms with E-state index in [1.54, 1.807) is 18.5 Å². The molecule has 94 valence electrons. The predicted molar refractivity (Wildman–Crippen MR) is 66.4 cm³/mol. The first-order valence-electron chi connectivity index (χ1n) is 5.84. The molecule has 0 saturated heterocycles. The number of rotatable bonds is 7. The summed E-state index contributed by atoms with van der Waals surface area (Å²) in [4.78, 5) is 3.96. The summed E-state index contributed by atoms with van der Waals surface area (Å²) >= 11 is 0. The molecule has 0 aliphatic carbocycles. The van der Waals surface area contributed by atoms with Crippen LogP contribution in [0.5, 0.6) is 5.75 Å². The smallest absolute Gasteiger partial charge is 0.173 e. The van der Waals surface area contributed by atoms with Gasteiger partial charge in [-0.1, -0.05) is 31.3 Å². The van der Waals surface area contributed by atoms with E-state index < -0.39 is 0 Å². The third-order valence-electron chi connectivity index (χ3n) is 2.42. The molecular formula is C12H19N3O2. The first kappa shape index (κ1) is 13.3. The number of hydrogen-bond acceptors (Lipinski definition) is 4. The van der Waals surface area contributed by atoms with Crippen molar-refractivity contribution in [2.45, 2.75) is 32.6 Å². The van der Waals surface area contributed by atoms with E-state index >= 15 is 0 Å². The van der Waals surface area contributed by atoms with Crippen LogP contribution in [0.4, 0.5) is 0 Å². The summed E-state index contributed by atoms with van der Waals surface area (Å²) in [6, 6.07) is 1.66. The van der Waals surface area contributed by atoms with Crippen molar-refractivity contribution in [3.05, 3.63) is 24.0 Å². The van der Waals surface area contributed by atoms with Gasteiger partial charge in [0.15, 0.2) is 5.84 Å². The van der Waals surface area contributed by atoms with Gasteiger partial charge in [0.05, 0.1) is 18.4 Å². The van der Waals surface area contributed by atoms with E-state index in [0.29, 0.717) is 17.9 Å². The second-order valence-corrected chi connectivity index (χ2v) is 3.77. The van der Waals surface area contributed by atoms with Crippen LogP contribution in [0.15, 0.2) is 23.6 Å². The third-order valence-corrected chi connectivity index (χ3v) is 2.42. The average Bonchev–Trinajstić information content (AvgIpc) is 2.38. The maximum absolute atomic E-state index is 8.64. The van der Waals surface area contributed by atoms with Crippen LogP contribution >= 0.6 is 0 Å². The Labute approximate surface area is 101 Å². The van der Waals surface area contributed by atoms with Gasteiger partial charge in [-0.2, -0.15) is 0 Å². The molecule has 1 aromatic heterocycles. The maximum Gasteiger partial charge on any atom is 0.173 e. The first-order chi connectivity index (χ1) is 8.29. The molecule has 17 heavy (non-hydrogen) atoms. The summed E-state index contributed by atoms with van der Waals surface area (Å²) in [6.45, 7) is 2.79. The highest BCUT2D eigenvalue weighted by molar-refractivity contribution is 5.99. The van der Waals surface area contributed by atoms with Gasteiger partial charge in [0.1, 0.15) is 5.75 Å². The van der Waals surface area contributed by atoms with E-state index in [2.05, 4.69) is 17.1 Å². The molecule has 0 amide bonds. The van der Waals surface area contributed by atoms with Gasteiger partial charge in [-0.15, -0.1) is 0 Å². The summed E-state index contributed by atoms with van der Waals surface area (Å²) in [7, 11) is 0. The molecule has 0 atom stereocenters. The lowest BCUT2D eigenvalue weighted by Crippen LogP contribution is -2.15. The van der Waals surface area contributed by atoms with Gasteiger partial charge in [0, 0.05) is 6.20 Å². The predicted octanol–water partition coefficient (Wildman–Crippen LogP) is 2.14. The number of aromatic nitrogens is 1. The van der Waals surface area contributed by atoms with Crippen LogP contribution in [0.2, 0.25) is 0 Å². The second kappa shape index (κ2) is 7.49. The Kier molecular flexibility index (Phi) is 5.85. The highest BCUT2D eigenvalue weighted by atomic mass is 16.5. The molecule has 3 N–H and O–H groups in total. The Hall–Kier alpha value is -1.78. The van der Waals surface area contributed by atoms with Crippen molar-refractivity contribution >= 4 is 5.84 Å². The molecule has 0 spiro atoms. The van der Waals surface area contributed by atoms with Gasteiger partial charge in [-0.05, 0) is 12.5 Å². The summed E-state index contributed by atoms with van der Waals surface area (Å²) in [5.74, 6) is 0.593. The van der Waals surface area contributed by atoms with E-state index in [-0.39, 0.29) is 5.84 Å². The first-order valence-corrected chi connectivity index (χ1v) is 5.84. The van der Waals surface area contributed by atoms with Crippen molar-refractivity contribution in [2.24, 2.45) is 10.9 Å². The largest absolute Gasteiger partial charge is 0.491 e. The number of ether oxygens (including phenoxy) is 1. The average molecular weight is 237 g/mol. The van der Waals surface area contributed by atoms with Gasteiger partial charge in [-0.25, -0.2) is 0 Å². The third kappa shape index (κ3) is 4.30. The van der Waals surface area contributed by atoms with Gasteiger partial charge in [0.2, 0.25) is 0 Å². The molecule has 0 bridgehead atoms. The summed E-state index contributed by atoms with van der Waals surface area (Å²) < 4.78 is 5.57. The van der Waals surface area contributed by atoms with Gasteiger partial charge in [-0.3, -0.25) is 4.98 Å². The number of unbranched alkanes of at least 4 members (excludes halogenated alkanes) is 3. The summed E-state index contributed by atoms with van der Waals surface area (Å²) in [5.41, 5.74) is 6.11. The van der Waals surface area contributed by atoms with Gasteiger partial charge < -0.3 is 15.7 Å². The fraction of sp³-hybridized carbons (Fsp3) is 0.500. The minimum atomic E-state index is 0.0379. The fourth-order valence-corrected chi connectivity index (χ4v) is 1.47. The SMILES string of the molecule is CCCCCCOc1cnccc1/C(N)=N/O. The molecule has 0 unspecified atom stereocenters. The molecule has 1 heterocycles. The zero-order valence-electron chi connectivity index (χ0n) is 10.1. The van der Waals surface area contributed by atoms with Crippen LogP contribution in [0, 0.1) is 0 Å². The van der Waals surface area contributed by atoms with Crippen LogP contribution in [0.3, 0.4) is 0 Å². The highest BCUT2D eigenvalue weighted by Crippen LogP contribution is 2.16. The monoisotopic (exact) mass is 237 g/mol. The number of oxime groups is 1. The van der Waals surface area contributed by atoms with E-state index in [9.17, 15) is 0 Å². The Morgan fingerprint density at radius 1 is 1.47 bits per heavy atom. The van der Waals surface area contributed by atoms with Crippen LogP contribution < -0.4 is 10.5 Å². The molecule has 0 saturated carbocycles. The highest BCUT2D eigenvalue weighted by Gasteiger charge is 2.07. The second-order valence-electron chi connectivity index (χ2n) is 3.77. The normalized spacial score (nSPS) is 11.5. The standard InChI is InChI=1S/C12H19N3O2/c1-2-3-4-5-8-17-11-9-14-7-6-10(11)12(13)15-16/h6-7,9,16H,2-5,8H2,1H3,(H2,13,15). The van der Waals surface area contributed by atoms with Crippen LogP contribution in [-0.2, 0) is 0 Å². The minimum absolute atomic E-state index is 0.0379. The van der Waals surface area contributed by atoms with Crippen LogP contribution in [-0.4, -0.2) is 22.6 Å². The molecule has 5 nitrogen and oxygen atoms in total. The Bertz CT molecular complexity index is 367. The lowest BCUT2D eigenvalue weighted by molar-refractivity contribution is 0.301. The van der Waals surface area contributed by atoms with Crippen molar-refractivity contribution < 1.29 is 9.94 Å². The fourth-order valence-electron chi connectivity index (χ4n) is 1.47. The lowest BCUT2D eigenvalue weighted by Gasteiger charge is -2.09. The van der Waals surface area contributed by atoms with E-state index in [1.807, 2.05) is 0 Å². The van der Waals surface area contributed by atoms with E-state index in [0.717, 1.165) is 12.8 Å². The molecule has 0 fully saturated rings. The van der Waals surface area contributed by atoms with Gasteiger partial charge >= 0.3 is 0 Å². The molecule has 1 rings (SSSR count). The Balaban J connectivity index is 2.53. The Morgan fingerprint density at radius 3 is 3.00 bits per heavy atom. The number of pyridine rings is 1. The number of amidine groups is 1. The zero-order valence-corrected chi connectivity index (χ0v) is 10.1. The molecular weight excluding hydrogens is 218 g/mol. The van der Waals surface area contributed by atoms with Crippen molar-refractivity contribution in [3.63, 3.8) is 0 Å². The number of hydrogen-bond donors (Lipinski definition) is 2. The lowest BCUT2D eigenvalue weighted by atomic mass is 10.2. The molecule has 5 heteroatoms. The molecule has 0 aromatic carbocycles. The zero-order chi connectivity index (χ0) is 12.5. The van der Waals surface area contributed by atoms with Crippen LogP contribution in [0.25, 0.3) is 0 Å². The maximum atomic E-state index is 8.64. The molecule has 0 aliphatic rings. The molecule has 0 aliphatic heterocycles. The van der Waals surface area contributed by atoms with Crippen molar-refractivity contribution in [1.82, 2.24) is 4.98 Å². The van der Waals surface area contributed by atoms with Crippen molar-refractivity contribution in [1.29, 1.82) is 0 Å². The minimum Gasteiger partial charge on any atom is -0.491 e. The molecule has 1 aromatic rings. The molecule has 0 radical (unpaired) electrons. The Morgan fingerprint density at radius 2 is 2.29 bits per heavy atom. The quantitative estimate of drug-likeness (QED) is 0.250. The van der Waals surface area contributed by atoms with Crippen molar-refractivity contribution in [3.8, 4) is 5.75 Å². The summed E-state index contributed by atoms with van der Waals surface area (Å²) in [5, 5.41) is 11.6. The van der Waals surface area contributed by atoms with Gasteiger partial charge in [0.25, 0.3) is 0 Å².